The topological polar surface area (TPSA) is 76.1 Å². The van der Waals surface area contributed by atoms with Gasteiger partial charge in [-0.1, -0.05) is 24.3 Å². The molecule has 0 saturated carbocycles. The van der Waals surface area contributed by atoms with Crippen LogP contribution in [-0.4, -0.2) is 48.7 Å². The summed E-state index contributed by atoms with van der Waals surface area (Å²) in [5, 5.41) is 8.94. The van der Waals surface area contributed by atoms with E-state index in [1.54, 1.807) is 31.4 Å². The normalized spacial score (nSPS) is 16.8. The van der Waals surface area contributed by atoms with Gasteiger partial charge in [0, 0.05) is 13.0 Å². The average Bonchev–Trinajstić information content (AvgIpc) is 2.72. The van der Waals surface area contributed by atoms with E-state index in [1.807, 2.05) is 29.2 Å². The van der Waals surface area contributed by atoms with Crippen LogP contribution in [0.3, 0.4) is 0 Å². The first-order valence-electron chi connectivity index (χ1n) is 8.92. The van der Waals surface area contributed by atoms with Crippen LogP contribution in [0.2, 0.25) is 0 Å². The molecule has 0 spiro atoms. The van der Waals surface area contributed by atoms with Gasteiger partial charge in [-0.25, -0.2) is 4.79 Å². The maximum atomic E-state index is 12.6. The van der Waals surface area contributed by atoms with Crippen molar-refractivity contribution in [1.29, 1.82) is 0 Å². The summed E-state index contributed by atoms with van der Waals surface area (Å²) in [5.74, 6) is -0.104. The highest BCUT2D eigenvalue weighted by Crippen LogP contribution is 2.25. The number of carboxylic acid groups (broad SMARTS) is 1. The number of benzene rings is 2. The van der Waals surface area contributed by atoms with Gasteiger partial charge in [0.25, 0.3) is 0 Å². The van der Waals surface area contributed by atoms with E-state index in [-0.39, 0.29) is 17.6 Å². The number of amides is 1. The Morgan fingerprint density at radius 2 is 2.00 bits per heavy atom. The van der Waals surface area contributed by atoms with E-state index in [4.69, 9.17) is 14.6 Å². The average molecular weight is 369 g/mol. The van der Waals surface area contributed by atoms with E-state index >= 15 is 0 Å². The minimum absolute atomic E-state index is 0.0773. The molecule has 1 fully saturated rings. The van der Waals surface area contributed by atoms with E-state index < -0.39 is 5.97 Å². The second-order valence-electron chi connectivity index (χ2n) is 6.48. The fourth-order valence-electron chi connectivity index (χ4n) is 3.14. The molecular formula is C21H23NO5. The highest BCUT2D eigenvalue weighted by Gasteiger charge is 2.25. The van der Waals surface area contributed by atoms with Gasteiger partial charge in [-0.3, -0.25) is 4.79 Å². The molecule has 1 heterocycles. The molecule has 1 unspecified atom stereocenters. The van der Waals surface area contributed by atoms with Crippen molar-refractivity contribution in [2.24, 2.45) is 0 Å². The summed E-state index contributed by atoms with van der Waals surface area (Å²) in [6.45, 7) is 1.60. The molecule has 1 saturated heterocycles. The molecule has 0 aliphatic carbocycles. The molecule has 2 aromatic carbocycles. The van der Waals surface area contributed by atoms with Gasteiger partial charge in [0.1, 0.15) is 11.9 Å². The third kappa shape index (κ3) is 4.86. The molecule has 142 valence electrons. The molecule has 1 amide bonds. The number of carbonyl (C=O) groups excluding carboxylic acids is 1. The zero-order valence-electron chi connectivity index (χ0n) is 15.3. The Bertz CT molecular complexity index is 802. The summed E-state index contributed by atoms with van der Waals surface area (Å²) in [6, 6.07) is 14.4. The summed E-state index contributed by atoms with van der Waals surface area (Å²) in [4.78, 5) is 25.3. The smallest absolute Gasteiger partial charge is 0.335 e. The lowest BCUT2D eigenvalue weighted by atomic mass is 10.1. The fraction of sp³-hybridized carbons (Fsp3) is 0.333. The number of aryl methyl sites for hydroxylation is 1. The molecule has 0 radical (unpaired) electrons. The van der Waals surface area contributed by atoms with Crippen LogP contribution in [0.15, 0.2) is 48.5 Å². The minimum atomic E-state index is -0.950. The number of nitrogens with zero attached hydrogens (tertiary/aromatic N) is 1. The first kappa shape index (κ1) is 18.9. The van der Waals surface area contributed by atoms with Crippen LogP contribution >= 0.6 is 0 Å². The second kappa shape index (κ2) is 8.68. The van der Waals surface area contributed by atoms with Crippen LogP contribution in [0.25, 0.3) is 0 Å². The van der Waals surface area contributed by atoms with E-state index in [1.165, 1.54) is 0 Å². The predicted molar refractivity (Wildman–Crippen MR) is 100.0 cm³/mol. The summed E-state index contributed by atoms with van der Waals surface area (Å²) >= 11 is 0. The highest BCUT2D eigenvalue weighted by molar-refractivity contribution is 5.87. The summed E-state index contributed by atoms with van der Waals surface area (Å²) in [7, 11) is 1.62. The largest absolute Gasteiger partial charge is 0.497 e. The van der Waals surface area contributed by atoms with E-state index in [0.29, 0.717) is 32.5 Å². The summed E-state index contributed by atoms with van der Waals surface area (Å²) < 4.78 is 11.1. The number of methoxy groups -OCH3 is 1. The molecule has 1 atom stereocenters. The second-order valence-corrected chi connectivity index (χ2v) is 6.48. The number of aromatic carboxylic acids is 1. The Hall–Kier alpha value is -2.86. The molecule has 3 rings (SSSR count). The number of carboxylic acids is 1. The molecule has 0 bridgehead atoms. The predicted octanol–water partition coefficient (Wildman–Crippen LogP) is 2.93. The molecule has 27 heavy (non-hydrogen) atoms. The lowest BCUT2D eigenvalue weighted by Gasteiger charge is -2.33. The van der Waals surface area contributed by atoms with Crippen LogP contribution in [0, 0.1) is 0 Å². The third-order valence-electron chi connectivity index (χ3n) is 4.71. The molecular weight excluding hydrogens is 346 g/mol. The number of rotatable bonds is 6. The summed E-state index contributed by atoms with van der Waals surface area (Å²) in [5.41, 5.74) is 2.20. The van der Waals surface area contributed by atoms with Gasteiger partial charge >= 0.3 is 5.97 Å². The van der Waals surface area contributed by atoms with Gasteiger partial charge < -0.3 is 19.5 Å². The van der Waals surface area contributed by atoms with Crippen LogP contribution in [0.1, 0.15) is 34.0 Å². The minimum Gasteiger partial charge on any atom is -0.497 e. The molecule has 6 heteroatoms. The van der Waals surface area contributed by atoms with Crippen molar-refractivity contribution < 1.29 is 24.2 Å². The number of carbonyl (C=O) groups is 2. The zero-order chi connectivity index (χ0) is 19.2. The van der Waals surface area contributed by atoms with Gasteiger partial charge in [0.2, 0.25) is 5.91 Å². The number of morpholine rings is 1. The van der Waals surface area contributed by atoms with Crippen molar-refractivity contribution in [3.8, 4) is 5.75 Å². The highest BCUT2D eigenvalue weighted by atomic mass is 16.5. The van der Waals surface area contributed by atoms with Crippen molar-refractivity contribution in [1.82, 2.24) is 4.90 Å². The van der Waals surface area contributed by atoms with Crippen molar-refractivity contribution in [3.63, 3.8) is 0 Å². The van der Waals surface area contributed by atoms with Gasteiger partial charge in [-0.2, -0.15) is 0 Å². The van der Waals surface area contributed by atoms with E-state index in [0.717, 1.165) is 16.9 Å². The maximum Gasteiger partial charge on any atom is 0.335 e. The molecule has 1 aliphatic rings. The Morgan fingerprint density at radius 1 is 1.22 bits per heavy atom. The third-order valence-corrected chi connectivity index (χ3v) is 4.71. The van der Waals surface area contributed by atoms with Crippen molar-refractivity contribution in [3.05, 3.63) is 65.2 Å². The van der Waals surface area contributed by atoms with Crippen LogP contribution in [0.5, 0.6) is 5.75 Å². The summed E-state index contributed by atoms with van der Waals surface area (Å²) in [6.07, 6.45) is 0.810. The fourth-order valence-corrected chi connectivity index (χ4v) is 3.14. The standard InChI is InChI=1S/C21H23NO5/c1-26-18-4-2-3-17(13-18)19-14-22(11-12-27-19)20(23)10-7-15-5-8-16(9-6-15)21(24)25/h2-6,8-9,13,19H,7,10-12,14H2,1H3,(H,24,25). The lowest BCUT2D eigenvalue weighted by Crippen LogP contribution is -2.42. The monoisotopic (exact) mass is 369 g/mol. The number of ether oxygens (including phenoxy) is 2. The van der Waals surface area contributed by atoms with Crippen molar-refractivity contribution >= 4 is 11.9 Å². The molecule has 6 nitrogen and oxygen atoms in total. The molecule has 0 aromatic heterocycles. The van der Waals surface area contributed by atoms with Crippen LogP contribution in [0.4, 0.5) is 0 Å². The Balaban J connectivity index is 1.57. The Labute approximate surface area is 158 Å². The first-order valence-corrected chi connectivity index (χ1v) is 8.92. The van der Waals surface area contributed by atoms with Gasteiger partial charge in [-0.05, 0) is 41.8 Å². The Kier molecular flexibility index (Phi) is 6.08. The van der Waals surface area contributed by atoms with Crippen molar-refractivity contribution in [2.75, 3.05) is 26.8 Å². The molecule has 1 aliphatic heterocycles. The van der Waals surface area contributed by atoms with Crippen molar-refractivity contribution in [2.45, 2.75) is 18.9 Å². The maximum absolute atomic E-state index is 12.6. The van der Waals surface area contributed by atoms with Gasteiger partial charge in [0.15, 0.2) is 0 Å². The van der Waals surface area contributed by atoms with Crippen LogP contribution in [-0.2, 0) is 16.0 Å². The molecule has 1 N–H and O–H groups in total. The quantitative estimate of drug-likeness (QED) is 0.847. The molecule has 2 aromatic rings. The number of hydrogen-bond acceptors (Lipinski definition) is 4. The lowest BCUT2D eigenvalue weighted by molar-refractivity contribution is -0.139. The zero-order valence-corrected chi connectivity index (χ0v) is 15.3. The van der Waals surface area contributed by atoms with E-state index in [2.05, 4.69) is 0 Å². The number of hydrogen-bond donors (Lipinski definition) is 1. The SMILES string of the molecule is COc1cccc(C2CN(C(=O)CCc3ccc(C(=O)O)cc3)CCO2)c1. The van der Waals surface area contributed by atoms with E-state index in [9.17, 15) is 9.59 Å². The van der Waals surface area contributed by atoms with Gasteiger partial charge in [0.05, 0.1) is 25.8 Å². The van der Waals surface area contributed by atoms with Crippen LogP contribution < -0.4 is 4.74 Å². The Morgan fingerprint density at radius 3 is 2.70 bits per heavy atom. The first-order chi connectivity index (χ1) is 13.1. The van der Waals surface area contributed by atoms with Gasteiger partial charge in [-0.15, -0.1) is 0 Å².